The zero-order valence-corrected chi connectivity index (χ0v) is 10.8. The average molecular weight is 254 g/mol. The van der Waals surface area contributed by atoms with Crippen LogP contribution in [0, 0.1) is 0 Å². The first kappa shape index (κ1) is 12.4. The molecule has 1 saturated heterocycles. The Morgan fingerprint density at radius 1 is 1.65 bits per heavy atom. The molecule has 0 aliphatic carbocycles. The number of nitrogens with zero attached hydrogens (tertiary/aromatic N) is 1. The van der Waals surface area contributed by atoms with E-state index in [2.05, 4.69) is 10.2 Å². The van der Waals surface area contributed by atoms with E-state index in [0.29, 0.717) is 6.54 Å². The summed E-state index contributed by atoms with van der Waals surface area (Å²) in [7, 11) is 1.84. The second kappa shape index (κ2) is 6.02. The first-order valence-corrected chi connectivity index (χ1v) is 6.31. The van der Waals surface area contributed by atoms with Crippen LogP contribution in [0.15, 0.2) is 22.8 Å². The van der Waals surface area contributed by atoms with Gasteiger partial charge in [0.25, 0.3) is 0 Å². The Bertz CT molecular complexity index is 347. The van der Waals surface area contributed by atoms with Gasteiger partial charge in [-0.2, -0.15) is 0 Å². The van der Waals surface area contributed by atoms with Gasteiger partial charge in [-0.15, -0.1) is 0 Å². The van der Waals surface area contributed by atoms with Crippen molar-refractivity contribution in [1.29, 1.82) is 0 Å². The van der Waals surface area contributed by atoms with Gasteiger partial charge in [-0.1, -0.05) is 0 Å². The maximum atomic E-state index is 5.64. The predicted octanol–water partition coefficient (Wildman–Crippen LogP) is 1.76. The number of nitrogens with one attached hydrogen (secondary N) is 1. The van der Waals surface area contributed by atoms with Crippen LogP contribution in [0.1, 0.15) is 18.6 Å². The monoisotopic (exact) mass is 254 g/mol. The molecule has 0 aromatic carbocycles. The molecule has 1 aliphatic heterocycles. The zero-order chi connectivity index (χ0) is 12.1. The first-order chi connectivity index (χ1) is 8.29. The van der Waals surface area contributed by atoms with Gasteiger partial charge in [0.05, 0.1) is 18.9 Å². The summed E-state index contributed by atoms with van der Waals surface area (Å²) in [4.78, 5) is 2.09. The van der Waals surface area contributed by atoms with Crippen molar-refractivity contribution in [2.45, 2.75) is 25.5 Å². The van der Waals surface area contributed by atoms with E-state index < -0.39 is 0 Å². The molecule has 94 valence electrons. The van der Waals surface area contributed by atoms with Crippen LogP contribution < -0.4 is 5.32 Å². The summed E-state index contributed by atoms with van der Waals surface area (Å²) in [6.45, 7) is 2.37. The van der Waals surface area contributed by atoms with Crippen molar-refractivity contribution in [3.63, 3.8) is 0 Å². The smallest absolute Gasteiger partial charge is 0.169 e. The minimum atomic E-state index is 0.288. The van der Waals surface area contributed by atoms with E-state index >= 15 is 0 Å². The molecule has 0 bridgehead atoms. The molecular weight excluding hydrogens is 236 g/mol. The van der Waals surface area contributed by atoms with Crippen molar-refractivity contribution in [1.82, 2.24) is 10.2 Å². The topological polar surface area (TPSA) is 37.6 Å². The Labute approximate surface area is 107 Å². The van der Waals surface area contributed by atoms with Gasteiger partial charge in [-0.3, -0.25) is 0 Å². The number of rotatable bonds is 4. The molecule has 1 atom stereocenters. The molecular formula is C12H18N2O2S. The van der Waals surface area contributed by atoms with E-state index in [9.17, 15) is 0 Å². The Morgan fingerprint density at radius 2 is 2.53 bits per heavy atom. The van der Waals surface area contributed by atoms with Gasteiger partial charge >= 0.3 is 0 Å². The maximum Gasteiger partial charge on any atom is 0.169 e. The van der Waals surface area contributed by atoms with E-state index in [4.69, 9.17) is 21.4 Å². The zero-order valence-electron chi connectivity index (χ0n) is 10.0. The molecule has 0 saturated carbocycles. The van der Waals surface area contributed by atoms with Crippen LogP contribution in [0.3, 0.4) is 0 Å². The molecule has 1 fully saturated rings. The highest BCUT2D eigenvalue weighted by Gasteiger charge is 2.21. The lowest BCUT2D eigenvalue weighted by Crippen LogP contribution is -2.41. The molecule has 17 heavy (non-hydrogen) atoms. The number of hydrogen-bond acceptors (Lipinski definition) is 3. The molecule has 4 nitrogen and oxygen atoms in total. The van der Waals surface area contributed by atoms with Gasteiger partial charge in [-0.05, 0) is 37.2 Å². The first-order valence-electron chi connectivity index (χ1n) is 5.90. The number of thiocarbonyl (C=S) groups is 1. The van der Waals surface area contributed by atoms with Crippen LogP contribution in [0.5, 0.6) is 0 Å². The highest BCUT2D eigenvalue weighted by molar-refractivity contribution is 7.80. The highest BCUT2D eigenvalue weighted by Crippen LogP contribution is 2.15. The summed E-state index contributed by atoms with van der Waals surface area (Å²) < 4.78 is 11.0. The van der Waals surface area contributed by atoms with Crippen LogP contribution in [0.25, 0.3) is 0 Å². The summed E-state index contributed by atoms with van der Waals surface area (Å²) in [6.07, 6.45) is 4.23. The quantitative estimate of drug-likeness (QED) is 0.829. The molecule has 1 aromatic heterocycles. The SMILES string of the molecule is CNC(=S)N(Cc1ccco1)C[C@@H]1CCCO1. The lowest BCUT2D eigenvalue weighted by atomic mass is 10.2. The lowest BCUT2D eigenvalue weighted by molar-refractivity contribution is 0.0885. The van der Waals surface area contributed by atoms with Gasteiger partial charge in [0.1, 0.15) is 5.76 Å². The number of ether oxygens (including phenoxy) is 1. The molecule has 1 aromatic rings. The van der Waals surface area contributed by atoms with E-state index in [1.54, 1.807) is 6.26 Å². The molecule has 0 amide bonds. The van der Waals surface area contributed by atoms with Crippen LogP contribution in [-0.4, -0.2) is 36.3 Å². The molecule has 1 aliphatic rings. The number of furan rings is 1. The molecule has 2 heterocycles. The third kappa shape index (κ3) is 3.44. The third-order valence-corrected chi connectivity index (χ3v) is 3.34. The maximum absolute atomic E-state index is 5.64. The van der Waals surface area contributed by atoms with Crippen LogP contribution in [-0.2, 0) is 11.3 Å². The van der Waals surface area contributed by atoms with Crippen LogP contribution in [0.4, 0.5) is 0 Å². The second-order valence-electron chi connectivity index (χ2n) is 4.15. The Morgan fingerprint density at radius 3 is 3.12 bits per heavy atom. The fourth-order valence-electron chi connectivity index (χ4n) is 2.00. The minimum Gasteiger partial charge on any atom is -0.467 e. The van der Waals surface area contributed by atoms with Crippen molar-refractivity contribution in [2.75, 3.05) is 20.2 Å². The van der Waals surface area contributed by atoms with Crippen LogP contribution in [0.2, 0.25) is 0 Å². The molecule has 1 N–H and O–H groups in total. The molecule has 0 radical (unpaired) electrons. The predicted molar refractivity (Wildman–Crippen MR) is 69.7 cm³/mol. The van der Waals surface area contributed by atoms with E-state index in [1.165, 1.54) is 0 Å². The lowest BCUT2D eigenvalue weighted by Gasteiger charge is -2.26. The van der Waals surface area contributed by atoms with Crippen molar-refractivity contribution >= 4 is 17.3 Å². The van der Waals surface area contributed by atoms with E-state index in [1.807, 2.05) is 19.2 Å². The average Bonchev–Trinajstić information content (AvgIpc) is 3.00. The summed E-state index contributed by atoms with van der Waals surface area (Å²) in [5.41, 5.74) is 0. The molecule has 2 rings (SSSR count). The molecule has 0 spiro atoms. The van der Waals surface area contributed by atoms with Gasteiger partial charge in [0, 0.05) is 20.2 Å². The Kier molecular flexibility index (Phi) is 4.39. The van der Waals surface area contributed by atoms with Crippen molar-refractivity contribution in [3.05, 3.63) is 24.2 Å². The van der Waals surface area contributed by atoms with Gasteiger partial charge < -0.3 is 19.4 Å². The summed E-state index contributed by atoms with van der Waals surface area (Å²) >= 11 is 5.30. The minimum absolute atomic E-state index is 0.288. The molecule has 5 heteroatoms. The Balaban J connectivity index is 1.94. The third-order valence-electron chi connectivity index (χ3n) is 2.88. The van der Waals surface area contributed by atoms with Gasteiger partial charge in [0.15, 0.2) is 5.11 Å². The van der Waals surface area contributed by atoms with Gasteiger partial charge in [-0.25, -0.2) is 0 Å². The largest absolute Gasteiger partial charge is 0.467 e. The molecule has 0 unspecified atom stereocenters. The summed E-state index contributed by atoms with van der Waals surface area (Å²) in [6, 6.07) is 3.85. The van der Waals surface area contributed by atoms with Gasteiger partial charge in [0.2, 0.25) is 0 Å². The normalized spacial score (nSPS) is 19.2. The van der Waals surface area contributed by atoms with Crippen LogP contribution >= 0.6 is 12.2 Å². The van der Waals surface area contributed by atoms with E-state index in [0.717, 1.165) is 36.9 Å². The fraction of sp³-hybridized carbons (Fsp3) is 0.583. The Hall–Kier alpha value is -1.07. The summed E-state index contributed by atoms with van der Waals surface area (Å²) in [5, 5.41) is 3.74. The van der Waals surface area contributed by atoms with Crippen molar-refractivity contribution < 1.29 is 9.15 Å². The highest BCUT2D eigenvalue weighted by atomic mass is 32.1. The van der Waals surface area contributed by atoms with E-state index in [-0.39, 0.29) is 6.10 Å². The number of hydrogen-bond donors (Lipinski definition) is 1. The fourth-order valence-corrected chi connectivity index (χ4v) is 2.14. The standard InChI is InChI=1S/C12H18N2O2S/c1-13-12(17)14(8-10-4-2-6-15-10)9-11-5-3-7-16-11/h2,4,6,11H,3,5,7-9H2,1H3,(H,13,17)/t11-/m0/s1. The van der Waals surface area contributed by atoms with Crippen molar-refractivity contribution in [2.24, 2.45) is 0 Å². The van der Waals surface area contributed by atoms with Crippen molar-refractivity contribution in [3.8, 4) is 0 Å². The second-order valence-corrected chi connectivity index (χ2v) is 4.54. The summed E-state index contributed by atoms with van der Waals surface area (Å²) in [5.74, 6) is 0.917.